The summed E-state index contributed by atoms with van der Waals surface area (Å²) >= 11 is 0. The van der Waals surface area contributed by atoms with Gasteiger partial charge in [0.15, 0.2) is 0 Å². The van der Waals surface area contributed by atoms with Crippen LogP contribution in [0, 0.1) is 5.92 Å². The van der Waals surface area contributed by atoms with Crippen LogP contribution in [0.3, 0.4) is 0 Å². The molecule has 0 aliphatic carbocycles. The first-order valence-corrected chi connectivity index (χ1v) is 5.26. The van der Waals surface area contributed by atoms with Crippen LogP contribution in [-0.4, -0.2) is 43.8 Å². The zero-order chi connectivity index (χ0) is 9.68. The maximum atomic E-state index is 5.76. The van der Waals surface area contributed by atoms with E-state index in [1.54, 1.807) is 0 Å². The molecule has 78 valence electrons. The molecule has 1 aliphatic heterocycles. The topological polar surface area (TPSA) is 38.5 Å². The number of nitrogens with two attached hydrogens (primary N) is 1. The van der Waals surface area contributed by atoms with Crippen LogP contribution in [0.1, 0.15) is 20.3 Å². The van der Waals surface area contributed by atoms with Crippen LogP contribution in [0.2, 0.25) is 0 Å². The van der Waals surface area contributed by atoms with Crippen LogP contribution in [0.5, 0.6) is 0 Å². The molecule has 0 bridgehead atoms. The first-order valence-electron chi connectivity index (χ1n) is 5.26. The van der Waals surface area contributed by atoms with Crippen molar-refractivity contribution in [3.05, 3.63) is 0 Å². The summed E-state index contributed by atoms with van der Waals surface area (Å²) in [6.07, 6.45) is 1.63. The Hall–Kier alpha value is -0.120. The molecule has 1 saturated heterocycles. The van der Waals surface area contributed by atoms with Crippen molar-refractivity contribution >= 4 is 0 Å². The average Bonchev–Trinajstić information content (AvgIpc) is 2.50. The van der Waals surface area contributed by atoms with Crippen LogP contribution in [0.25, 0.3) is 0 Å². The molecule has 0 aromatic heterocycles. The van der Waals surface area contributed by atoms with E-state index in [-0.39, 0.29) is 0 Å². The molecule has 3 nitrogen and oxygen atoms in total. The Morgan fingerprint density at radius 3 is 2.92 bits per heavy atom. The fourth-order valence-corrected chi connectivity index (χ4v) is 1.65. The third kappa shape index (κ3) is 4.07. The Balaban J connectivity index is 2.10. The Morgan fingerprint density at radius 1 is 1.54 bits per heavy atom. The lowest BCUT2D eigenvalue weighted by molar-refractivity contribution is 0.0419. The molecule has 0 saturated carbocycles. The maximum Gasteiger partial charge on any atom is 0.0714 e. The van der Waals surface area contributed by atoms with Gasteiger partial charge in [-0.1, -0.05) is 13.8 Å². The molecule has 0 spiro atoms. The quantitative estimate of drug-likeness (QED) is 0.686. The van der Waals surface area contributed by atoms with Crippen LogP contribution in [0.15, 0.2) is 0 Å². The fourth-order valence-electron chi connectivity index (χ4n) is 1.65. The third-order valence-corrected chi connectivity index (χ3v) is 2.34. The van der Waals surface area contributed by atoms with E-state index < -0.39 is 0 Å². The SMILES string of the molecule is CC(C)COC1CCN(CCN)C1. The molecule has 3 heteroatoms. The van der Waals surface area contributed by atoms with E-state index >= 15 is 0 Å². The number of nitrogens with zero attached hydrogens (tertiary/aromatic N) is 1. The molecule has 2 N–H and O–H groups in total. The van der Waals surface area contributed by atoms with E-state index in [1.807, 2.05) is 0 Å². The second-order valence-electron chi connectivity index (χ2n) is 4.23. The van der Waals surface area contributed by atoms with Crippen LogP contribution in [0.4, 0.5) is 0 Å². The standard InChI is InChI=1S/C10H22N2O/c1-9(2)8-13-10-3-5-12(7-10)6-4-11/h9-10H,3-8,11H2,1-2H3. The molecule has 1 heterocycles. The van der Waals surface area contributed by atoms with Gasteiger partial charge in [-0.05, 0) is 12.3 Å². The second kappa shape index (κ2) is 5.58. The number of hydrogen-bond acceptors (Lipinski definition) is 3. The Morgan fingerprint density at radius 2 is 2.31 bits per heavy atom. The van der Waals surface area contributed by atoms with Crippen molar-refractivity contribution in [2.24, 2.45) is 11.7 Å². The summed E-state index contributed by atoms with van der Waals surface area (Å²) in [5, 5.41) is 0. The maximum absolute atomic E-state index is 5.76. The molecular formula is C10H22N2O. The van der Waals surface area contributed by atoms with Crippen molar-refractivity contribution in [3.8, 4) is 0 Å². The molecule has 1 aliphatic rings. The number of rotatable bonds is 5. The largest absolute Gasteiger partial charge is 0.377 e. The molecule has 0 radical (unpaired) electrons. The van der Waals surface area contributed by atoms with Gasteiger partial charge in [-0.2, -0.15) is 0 Å². The Labute approximate surface area is 81.2 Å². The lowest BCUT2D eigenvalue weighted by Crippen LogP contribution is -2.29. The summed E-state index contributed by atoms with van der Waals surface area (Å²) in [5.74, 6) is 0.642. The molecule has 1 fully saturated rings. The molecular weight excluding hydrogens is 164 g/mol. The molecule has 0 aromatic rings. The third-order valence-electron chi connectivity index (χ3n) is 2.34. The predicted molar refractivity (Wildman–Crippen MR) is 54.7 cm³/mol. The van der Waals surface area contributed by atoms with Crippen LogP contribution >= 0.6 is 0 Å². The average molecular weight is 186 g/mol. The highest BCUT2D eigenvalue weighted by molar-refractivity contribution is 4.76. The van der Waals surface area contributed by atoms with Gasteiger partial charge in [0, 0.05) is 32.8 Å². The van der Waals surface area contributed by atoms with Gasteiger partial charge < -0.3 is 10.5 Å². The fraction of sp³-hybridized carbons (Fsp3) is 1.00. The highest BCUT2D eigenvalue weighted by Crippen LogP contribution is 2.12. The minimum Gasteiger partial charge on any atom is -0.377 e. The first kappa shape index (κ1) is 11.0. The summed E-state index contributed by atoms with van der Waals surface area (Å²) in [6.45, 7) is 9.27. The normalized spacial score (nSPS) is 24.5. The summed E-state index contributed by atoms with van der Waals surface area (Å²) in [4.78, 5) is 2.38. The molecule has 0 amide bonds. The van der Waals surface area contributed by atoms with Gasteiger partial charge in [0.1, 0.15) is 0 Å². The van der Waals surface area contributed by atoms with Gasteiger partial charge >= 0.3 is 0 Å². The Kier molecular flexibility index (Phi) is 4.70. The van der Waals surface area contributed by atoms with Gasteiger partial charge in [0.05, 0.1) is 6.10 Å². The predicted octanol–water partition coefficient (Wildman–Crippen LogP) is 0.692. The zero-order valence-electron chi connectivity index (χ0n) is 8.83. The second-order valence-corrected chi connectivity index (χ2v) is 4.23. The van der Waals surface area contributed by atoms with Gasteiger partial charge in [-0.15, -0.1) is 0 Å². The van der Waals surface area contributed by atoms with E-state index in [1.165, 1.54) is 6.42 Å². The minimum absolute atomic E-state index is 0.453. The van der Waals surface area contributed by atoms with Crippen molar-refractivity contribution in [1.29, 1.82) is 0 Å². The molecule has 1 atom stereocenters. The lowest BCUT2D eigenvalue weighted by atomic mass is 10.2. The van der Waals surface area contributed by atoms with E-state index in [0.29, 0.717) is 12.0 Å². The minimum atomic E-state index is 0.453. The zero-order valence-corrected chi connectivity index (χ0v) is 8.83. The molecule has 1 unspecified atom stereocenters. The molecule has 1 rings (SSSR count). The smallest absolute Gasteiger partial charge is 0.0714 e. The van der Waals surface area contributed by atoms with Gasteiger partial charge in [0.25, 0.3) is 0 Å². The van der Waals surface area contributed by atoms with E-state index in [2.05, 4.69) is 18.7 Å². The Bertz CT molecular complexity index is 139. The van der Waals surface area contributed by atoms with Crippen LogP contribution in [-0.2, 0) is 4.74 Å². The van der Waals surface area contributed by atoms with E-state index in [4.69, 9.17) is 10.5 Å². The van der Waals surface area contributed by atoms with Crippen molar-refractivity contribution in [2.45, 2.75) is 26.4 Å². The molecule has 13 heavy (non-hydrogen) atoms. The number of ether oxygens (including phenoxy) is 1. The monoisotopic (exact) mass is 186 g/mol. The highest BCUT2D eigenvalue weighted by atomic mass is 16.5. The first-order chi connectivity index (χ1) is 6.22. The van der Waals surface area contributed by atoms with Crippen LogP contribution < -0.4 is 5.73 Å². The molecule has 0 aromatic carbocycles. The summed E-state index contributed by atoms with van der Waals surface area (Å²) in [7, 11) is 0. The highest BCUT2D eigenvalue weighted by Gasteiger charge is 2.22. The van der Waals surface area contributed by atoms with E-state index in [9.17, 15) is 0 Å². The lowest BCUT2D eigenvalue weighted by Gasteiger charge is -2.15. The van der Waals surface area contributed by atoms with Gasteiger partial charge in [-0.25, -0.2) is 0 Å². The summed E-state index contributed by atoms with van der Waals surface area (Å²) in [5.41, 5.74) is 5.49. The van der Waals surface area contributed by atoms with Crippen molar-refractivity contribution < 1.29 is 4.74 Å². The van der Waals surface area contributed by atoms with Gasteiger partial charge in [-0.3, -0.25) is 4.90 Å². The number of hydrogen-bond donors (Lipinski definition) is 1. The summed E-state index contributed by atoms with van der Waals surface area (Å²) < 4.78 is 5.76. The van der Waals surface area contributed by atoms with Crippen molar-refractivity contribution in [2.75, 3.05) is 32.8 Å². The van der Waals surface area contributed by atoms with E-state index in [0.717, 1.165) is 32.8 Å². The number of likely N-dealkylation sites (tertiary alicyclic amines) is 1. The van der Waals surface area contributed by atoms with Gasteiger partial charge in [0.2, 0.25) is 0 Å². The van der Waals surface area contributed by atoms with Crippen molar-refractivity contribution in [1.82, 2.24) is 4.90 Å². The van der Waals surface area contributed by atoms with Crippen molar-refractivity contribution in [3.63, 3.8) is 0 Å². The summed E-state index contributed by atoms with van der Waals surface area (Å²) in [6, 6.07) is 0.